The van der Waals surface area contributed by atoms with E-state index >= 15 is 0 Å². The Morgan fingerprint density at radius 2 is 0.831 bits per heavy atom. The average Bonchev–Trinajstić information content (AvgIpc) is 3.61. The monoisotopic (exact) mass is 1760 g/mol. The normalized spacial score (nSPS) is 23.4. The van der Waals surface area contributed by atoms with Crippen LogP contribution in [0.5, 0.6) is 11.5 Å². The van der Waals surface area contributed by atoms with Gasteiger partial charge in [-0.3, -0.25) is 28.8 Å². The third-order valence-electron chi connectivity index (χ3n) is 11.3. The van der Waals surface area contributed by atoms with Gasteiger partial charge in [-0.1, -0.05) is 83.1 Å². The second-order valence-electron chi connectivity index (χ2n) is 19.9. The van der Waals surface area contributed by atoms with E-state index in [1.54, 1.807) is 83.1 Å². The summed E-state index contributed by atoms with van der Waals surface area (Å²) in [6.07, 6.45) is -12.8. The van der Waals surface area contributed by atoms with Crippen LogP contribution in [-0.2, 0) is 80.9 Å². The summed E-state index contributed by atoms with van der Waals surface area (Å²) in [4.78, 5) is 82.5. The van der Waals surface area contributed by atoms with Crippen LogP contribution in [0.1, 0.15) is 83.1 Å². The summed E-state index contributed by atoms with van der Waals surface area (Å²) in [6, 6.07) is 7.89. The molecule has 77 heavy (non-hydrogen) atoms. The fourth-order valence-electron chi connectivity index (χ4n) is 7.03. The van der Waals surface area contributed by atoms with Crippen LogP contribution in [0, 0.1) is 56.9 Å². The van der Waals surface area contributed by atoms with Crippen LogP contribution in [0.25, 0.3) is 0 Å². The van der Waals surface area contributed by atoms with Crippen molar-refractivity contribution in [2.75, 3.05) is 46.2 Å². The quantitative estimate of drug-likeness (QED) is 0.0351. The van der Waals surface area contributed by atoms with E-state index in [0.29, 0.717) is 11.5 Å². The molecule has 0 radical (unpaired) electrons. The Kier molecular flexibility index (Phi) is 28.7. The van der Waals surface area contributed by atoms with Crippen LogP contribution in [0.3, 0.4) is 0 Å². The Hall–Kier alpha value is -0.960. The van der Waals surface area contributed by atoms with Crippen LogP contribution >= 0.6 is 136 Å². The number of hydrogen-bond donors (Lipinski definition) is 0. The van der Waals surface area contributed by atoms with Crippen molar-refractivity contribution in [1.29, 1.82) is 0 Å². The van der Waals surface area contributed by atoms with Crippen molar-refractivity contribution >= 4 is 171 Å². The van der Waals surface area contributed by atoms with Crippen molar-refractivity contribution in [1.82, 2.24) is 0 Å². The molecule has 2 fully saturated rings. The zero-order valence-electron chi connectivity index (χ0n) is 44.9. The first-order valence-electron chi connectivity index (χ1n) is 25.0. The highest BCUT2D eigenvalue weighted by atomic mass is 127. The smallest absolute Gasteiger partial charge is 0.308 e. The van der Waals surface area contributed by atoms with Crippen molar-refractivity contribution in [3.63, 3.8) is 0 Å². The molecule has 0 N–H and O–H groups in total. The molecule has 432 valence electrons. The molecule has 2 aromatic carbocycles. The van der Waals surface area contributed by atoms with E-state index in [-0.39, 0.29) is 39.6 Å². The van der Waals surface area contributed by atoms with Crippen LogP contribution in [-0.4, -0.2) is 137 Å². The molecule has 2 heterocycles. The molecule has 0 unspecified atom stereocenters. The largest absolute Gasteiger partial charge is 0.489 e. The van der Waals surface area contributed by atoms with E-state index in [2.05, 4.69) is 136 Å². The van der Waals surface area contributed by atoms with Gasteiger partial charge in [0.05, 0.1) is 76.2 Å². The van der Waals surface area contributed by atoms with Crippen molar-refractivity contribution in [2.45, 2.75) is 138 Å². The molecular weight excluding hydrogens is 1690 g/mol. The van der Waals surface area contributed by atoms with Gasteiger partial charge < -0.3 is 61.6 Å². The van der Waals surface area contributed by atoms with Crippen molar-refractivity contribution in [3.8, 4) is 11.5 Å². The molecule has 0 amide bonds. The minimum Gasteiger partial charge on any atom is -0.489 e. The molecule has 9 atom stereocenters. The summed E-state index contributed by atoms with van der Waals surface area (Å²) in [7, 11) is 0. The van der Waals surface area contributed by atoms with E-state index in [4.69, 9.17) is 61.6 Å². The van der Waals surface area contributed by atoms with Gasteiger partial charge in [0, 0.05) is 7.14 Å². The van der Waals surface area contributed by atoms with Crippen molar-refractivity contribution in [2.24, 2.45) is 35.5 Å². The van der Waals surface area contributed by atoms with E-state index in [9.17, 15) is 28.8 Å². The maximum Gasteiger partial charge on any atom is 0.308 e. The minimum absolute atomic E-state index is 0.00372. The summed E-state index contributed by atoms with van der Waals surface area (Å²) in [5.41, 5.74) is 0. The maximum absolute atomic E-state index is 13.9. The predicted molar refractivity (Wildman–Crippen MR) is 329 cm³/mol. The summed E-state index contributed by atoms with van der Waals surface area (Å²) in [5.74, 6) is -10.0. The highest BCUT2D eigenvalue weighted by molar-refractivity contribution is 14.1. The molecule has 0 bridgehead atoms. The van der Waals surface area contributed by atoms with Gasteiger partial charge in [0.1, 0.15) is 43.5 Å². The van der Waals surface area contributed by atoms with Gasteiger partial charge in [-0.25, -0.2) is 0 Å². The average molecular weight is 1760 g/mol. The fourth-order valence-corrected chi connectivity index (χ4v) is 14.8. The molecule has 0 saturated carbocycles. The Labute approximate surface area is 532 Å². The molecule has 19 nitrogen and oxygen atoms in total. The highest BCUT2D eigenvalue weighted by Crippen LogP contribution is 2.43. The molecule has 4 rings (SSSR count). The number of carbonyl (C=O) groups excluding carboxylic acids is 6. The number of benzene rings is 2. The molecule has 2 aromatic rings. The van der Waals surface area contributed by atoms with Gasteiger partial charge in [-0.2, -0.15) is 0 Å². The Bertz CT molecular complexity index is 2300. The van der Waals surface area contributed by atoms with Gasteiger partial charge in [0.25, 0.3) is 0 Å². The number of halogens is 6. The second kappa shape index (κ2) is 32.2. The Morgan fingerprint density at radius 1 is 0.468 bits per heavy atom. The third kappa shape index (κ3) is 20.1. The number of ether oxygens (including phenoxy) is 13. The zero-order chi connectivity index (χ0) is 57.6. The number of hydrogen-bond acceptors (Lipinski definition) is 19. The highest BCUT2D eigenvalue weighted by Gasteiger charge is 2.65. The zero-order valence-corrected chi connectivity index (χ0v) is 57.8. The fraction of sp³-hybridized carbons (Fsp3) is 0.654. The molecular formula is C52H68I6O19. The first-order chi connectivity index (χ1) is 36.1. The lowest BCUT2D eigenvalue weighted by molar-refractivity contribution is -0.385. The summed E-state index contributed by atoms with van der Waals surface area (Å²) >= 11 is 13.2. The van der Waals surface area contributed by atoms with Crippen LogP contribution < -0.4 is 9.47 Å². The van der Waals surface area contributed by atoms with E-state index in [0.717, 1.165) is 21.4 Å². The first kappa shape index (κ1) is 68.5. The summed E-state index contributed by atoms with van der Waals surface area (Å²) < 4.78 is 87.4. The van der Waals surface area contributed by atoms with Crippen molar-refractivity contribution < 1.29 is 90.3 Å². The van der Waals surface area contributed by atoms with Crippen LogP contribution in [0.4, 0.5) is 0 Å². The van der Waals surface area contributed by atoms with Gasteiger partial charge in [-0.15, -0.1) is 0 Å². The van der Waals surface area contributed by atoms with Gasteiger partial charge >= 0.3 is 35.8 Å². The lowest BCUT2D eigenvalue weighted by atomic mass is 9.97. The Morgan fingerprint density at radius 3 is 1.25 bits per heavy atom. The first-order valence-corrected chi connectivity index (χ1v) is 31.4. The van der Waals surface area contributed by atoms with Crippen molar-refractivity contribution in [3.05, 3.63) is 45.7 Å². The summed E-state index contributed by atoms with van der Waals surface area (Å²) in [5, 5.41) is 0. The molecule has 0 aromatic heterocycles. The van der Waals surface area contributed by atoms with E-state index in [1.165, 1.54) is 0 Å². The SMILES string of the molecule is CC(C)C(=O)OC[C@@]1(O[C@H]2O[C@H](COCCOc3c(I)cc(I)cc3I)[C@@H](OC(=O)C(C)C)[C@H](OC(=O)C(C)C)[C@H]2OC(=O)C(C)C)O[C@H](COCCOc2c(I)cc(I)cc2I)[C@@H](OC(=O)C(C)C)[C@@H]1OC(=O)C(C)C. The lowest BCUT2D eigenvalue weighted by Crippen LogP contribution is -2.66. The maximum atomic E-state index is 13.9. The molecule has 2 aliphatic rings. The lowest BCUT2D eigenvalue weighted by Gasteiger charge is -2.47. The number of rotatable bonds is 27. The standard InChI is InChI=1S/C52H68I6O19/c1-24(2)45(59)69-23-52(44(75-50(64)29(11)12)41(72-47(61)26(5)6)37(76-52)22-66-14-16-68-39-34(57)19-31(54)20-35(39)58)77-51-43(74-49(63)28(9)10)42(73-48(62)27(7)8)40(71-46(60)25(3)4)36(70-51)21-65-13-15-67-38-32(55)17-30(53)18-33(38)56/h17-20,24-29,36-37,40-44,51H,13-16,21-23H2,1-12H3/t36-,37-,40-,41-,42+,43-,44+,51-,52+/m1/s1. The van der Waals surface area contributed by atoms with Crippen LogP contribution in [0.15, 0.2) is 24.3 Å². The predicted octanol–water partition coefficient (Wildman–Crippen LogP) is 9.68. The Balaban J connectivity index is 1.90. The number of carbonyl (C=O) groups is 6. The molecule has 0 aliphatic carbocycles. The van der Waals surface area contributed by atoms with Crippen LogP contribution in [0.2, 0.25) is 0 Å². The molecule has 2 saturated heterocycles. The molecule has 25 heteroatoms. The summed E-state index contributed by atoms with van der Waals surface area (Å²) in [6.45, 7) is 17.8. The van der Waals surface area contributed by atoms with Gasteiger partial charge in [0.15, 0.2) is 30.5 Å². The molecule has 0 spiro atoms. The third-order valence-corrected chi connectivity index (χ3v) is 15.7. The topological polar surface area (TPSA) is 222 Å². The van der Waals surface area contributed by atoms with E-state index < -0.39 is 133 Å². The molecule has 2 aliphatic heterocycles. The number of esters is 6. The van der Waals surface area contributed by atoms with E-state index in [1.807, 2.05) is 24.3 Å². The van der Waals surface area contributed by atoms with Gasteiger partial charge in [-0.05, 0) is 160 Å². The minimum atomic E-state index is -2.47. The van der Waals surface area contributed by atoms with Gasteiger partial charge in [0.2, 0.25) is 12.1 Å². The second-order valence-corrected chi connectivity index (χ2v) is 27.0.